The van der Waals surface area contributed by atoms with Gasteiger partial charge in [-0.25, -0.2) is 0 Å². The maximum Gasteiger partial charge on any atom is 0.407 e. The van der Waals surface area contributed by atoms with Crippen LogP contribution in [0.2, 0.25) is 0 Å². The summed E-state index contributed by atoms with van der Waals surface area (Å²) in [5.41, 5.74) is 5.88. The molecule has 0 saturated carbocycles. The molecule has 0 radical (unpaired) electrons. The molecule has 2 rings (SSSR count). The summed E-state index contributed by atoms with van der Waals surface area (Å²) >= 11 is 0. The highest BCUT2D eigenvalue weighted by molar-refractivity contribution is 5.85. The molecule has 1 heterocycles. The minimum absolute atomic E-state index is 0. The fourth-order valence-electron chi connectivity index (χ4n) is 1.53. The molecule has 0 saturated heterocycles. The van der Waals surface area contributed by atoms with E-state index in [-0.39, 0.29) is 18.0 Å². The number of aromatic nitrogens is 1. The lowest BCUT2D eigenvalue weighted by atomic mass is 10.1. The van der Waals surface area contributed by atoms with Gasteiger partial charge in [-0.15, -0.1) is 12.4 Å². The Labute approximate surface area is 96.0 Å². The van der Waals surface area contributed by atoms with Crippen molar-refractivity contribution in [1.29, 1.82) is 0 Å². The monoisotopic (exact) mass is 250 g/mol. The standard InChI is InChI=1S/C10H9F3N2.ClH/c11-10(12,13)9(14)7-5-15-8-4-2-1-3-6(7)8;/h1-5,9,15H,14H2;1H/t9-;/m0./s1. The van der Waals surface area contributed by atoms with Gasteiger partial charge >= 0.3 is 6.18 Å². The molecule has 88 valence electrons. The Morgan fingerprint density at radius 2 is 1.81 bits per heavy atom. The van der Waals surface area contributed by atoms with Crippen LogP contribution >= 0.6 is 12.4 Å². The number of alkyl halides is 3. The summed E-state index contributed by atoms with van der Waals surface area (Å²) in [4.78, 5) is 2.76. The number of aromatic amines is 1. The molecular formula is C10H10ClF3N2. The Kier molecular flexibility index (Phi) is 3.50. The van der Waals surface area contributed by atoms with Crippen LogP contribution in [0, 0.1) is 0 Å². The van der Waals surface area contributed by atoms with Gasteiger partial charge in [-0.2, -0.15) is 13.2 Å². The lowest BCUT2D eigenvalue weighted by molar-refractivity contribution is -0.148. The van der Waals surface area contributed by atoms with Crippen molar-refractivity contribution in [2.24, 2.45) is 5.73 Å². The number of fused-ring (bicyclic) bond motifs is 1. The summed E-state index contributed by atoms with van der Waals surface area (Å²) in [6, 6.07) is 4.83. The Morgan fingerprint density at radius 1 is 1.19 bits per heavy atom. The summed E-state index contributed by atoms with van der Waals surface area (Å²) in [5, 5.41) is 0.516. The van der Waals surface area contributed by atoms with Crippen LogP contribution in [0.4, 0.5) is 13.2 Å². The Balaban J connectivity index is 0.00000128. The van der Waals surface area contributed by atoms with Crippen LogP contribution in [0.5, 0.6) is 0 Å². The number of hydrogen-bond donors (Lipinski definition) is 2. The van der Waals surface area contributed by atoms with E-state index in [1.165, 1.54) is 6.20 Å². The first-order valence-electron chi connectivity index (χ1n) is 4.38. The normalized spacial score (nSPS) is 13.5. The predicted molar refractivity (Wildman–Crippen MR) is 58.5 cm³/mol. The van der Waals surface area contributed by atoms with Crippen LogP contribution < -0.4 is 5.73 Å². The first-order valence-corrected chi connectivity index (χ1v) is 4.38. The van der Waals surface area contributed by atoms with Gasteiger partial charge in [0.25, 0.3) is 0 Å². The van der Waals surface area contributed by atoms with Crippen LogP contribution in [0.1, 0.15) is 11.6 Å². The minimum Gasteiger partial charge on any atom is -0.361 e. The van der Waals surface area contributed by atoms with E-state index in [1.54, 1.807) is 24.3 Å². The number of benzene rings is 1. The molecule has 1 aromatic heterocycles. The molecule has 0 aliphatic carbocycles. The second kappa shape index (κ2) is 4.35. The molecule has 0 aliphatic heterocycles. The van der Waals surface area contributed by atoms with Crippen LogP contribution in [-0.2, 0) is 0 Å². The molecule has 0 amide bonds. The lowest BCUT2D eigenvalue weighted by Crippen LogP contribution is -2.28. The smallest absolute Gasteiger partial charge is 0.361 e. The Bertz CT molecular complexity index is 478. The van der Waals surface area contributed by atoms with E-state index in [2.05, 4.69) is 4.98 Å². The molecule has 0 unspecified atom stereocenters. The maximum absolute atomic E-state index is 12.4. The zero-order valence-corrected chi connectivity index (χ0v) is 8.90. The highest BCUT2D eigenvalue weighted by Gasteiger charge is 2.38. The van der Waals surface area contributed by atoms with Crippen molar-refractivity contribution < 1.29 is 13.2 Å². The van der Waals surface area contributed by atoms with Crippen molar-refractivity contribution in [2.75, 3.05) is 0 Å². The van der Waals surface area contributed by atoms with Gasteiger partial charge in [0.15, 0.2) is 0 Å². The lowest BCUT2D eigenvalue weighted by Gasteiger charge is -2.14. The molecule has 0 bridgehead atoms. The van der Waals surface area contributed by atoms with Crippen molar-refractivity contribution in [3.8, 4) is 0 Å². The van der Waals surface area contributed by atoms with Crippen LogP contribution in [0.15, 0.2) is 30.5 Å². The highest BCUT2D eigenvalue weighted by atomic mass is 35.5. The summed E-state index contributed by atoms with van der Waals surface area (Å²) in [6.45, 7) is 0. The molecule has 16 heavy (non-hydrogen) atoms. The predicted octanol–water partition coefficient (Wildman–Crippen LogP) is 3.15. The van der Waals surface area contributed by atoms with Crippen molar-refractivity contribution in [1.82, 2.24) is 4.98 Å². The van der Waals surface area contributed by atoms with Gasteiger partial charge in [-0.1, -0.05) is 18.2 Å². The topological polar surface area (TPSA) is 41.8 Å². The third-order valence-electron chi connectivity index (χ3n) is 2.31. The van der Waals surface area contributed by atoms with E-state index in [0.29, 0.717) is 10.9 Å². The van der Waals surface area contributed by atoms with E-state index in [1.807, 2.05) is 0 Å². The molecule has 1 atom stereocenters. The number of nitrogens with one attached hydrogen (secondary N) is 1. The molecule has 2 nitrogen and oxygen atoms in total. The van der Waals surface area contributed by atoms with Gasteiger partial charge in [0.05, 0.1) is 0 Å². The van der Waals surface area contributed by atoms with Gasteiger partial charge in [-0.05, 0) is 6.07 Å². The number of nitrogens with two attached hydrogens (primary N) is 1. The van der Waals surface area contributed by atoms with Crippen molar-refractivity contribution in [3.63, 3.8) is 0 Å². The van der Waals surface area contributed by atoms with E-state index in [0.717, 1.165) is 0 Å². The first-order chi connectivity index (χ1) is 7.00. The van der Waals surface area contributed by atoms with Crippen LogP contribution in [0.25, 0.3) is 10.9 Å². The van der Waals surface area contributed by atoms with E-state index in [4.69, 9.17) is 5.73 Å². The highest BCUT2D eigenvalue weighted by Crippen LogP contribution is 2.34. The molecule has 0 aliphatic rings. The Morgan fingerprint density at radius 3 is 2.44 bits per heavy atom. The minimum atomic E-state index is -4.41. The molecular weight excluding hydrogens is 241 g/mol. The number of H-pyrrole nitrogens is 1. The third kappa shape index (κ3) is 2.15. The SMILES string of the molecule is Cl.N[C@@H](c1c[nH]c2ccccc12)C(F)(F)F. The second-order valence-corrected chi connectivity index (χ2v) is 3.31. The van der Waals surface area contributed by atoms with Crippen molar-refractivity contribution in [2.45, 2.75) is 12.2 Å². The van der Waals surface area contributed by atoms with Crippen LogP contribution in [-0.4, -0.2) is 11.2 Å². The molecule has 0 fully saturated rings. The largest absolute Gasteiger partial charge is 0.407 e. The summed E-state index contributed by atoms with van der Waals surface area (Å²) in [6.07, 6.45) is -3.10. The quantitative estimate of drug-likeness (QED) is 0.802. The zero-order chi connectivity index (χ0) is 11.1. The van der Waals surface area contributed by atoms with Gasteiger partial charge in [0.2, 0.25) is 0 Å². The molecule has 2 aromatic rings. The van der Waals surface area contributed by atoms with E-state index in [9.17, 15) is 13.2 Å². The number of halogens is 4. The van der Waals surface area contributed by atoms with Gasteiger partial charge in [0.1, 0.15) is 6.04 Å². The van der Waals surface area contributed by atoms with E-state index >= 15 is 0 Å². The molecule has 0 spiro atoms. The van der Waals surface area contributed by atoms with E-state index < -0.39 is 12.2 Å². The molecule has 3 N–H and O–H groups in total. The summed E-state index contributed by atoms with van der Waals surface area (Å²) < 4.78 is 37.2. The average molecular weight is 251 g/mol. The number of hydrogen-bond acceptors (Lipinski definition) is 1. The summed E-state index contributed by atoms with van der Waals surface area (Å²) in [5.74, 6) is 0. The summed E-state index contributed by atoms with van der Waals surface area (Å²) in [7, 11) is 0. The van der Waals surface area contributed by atoms with Crippen molar-refractivity contribution in [3.05, 3.63) is 36.0 Å². The average Bonchev–Trinajstić information content (AvgIpc) is 2.58. The zero-order valence-electron chi connectivity index (χ0n) is 8.08. The second-order valence-electron chi connectivity index (χ2n) is 3.31. The molecule has 1 aromatic carbocycles. The first kappa shape index (κ1) is 12.9. The third-order valence-corrected chi connectivity index (χ3v) is 2.31. The molecule has 6 heteroatoms. The number of rotatable bonds is 1. The van der Waals surface area contributed by atoms with Crippen LogP contribution in [0.3, 0.4) is 0 Å². The van der Waals surface area contributed by atoms with Gasteiger partial charge in [0, 0.05) is 22.7 Å². The van der Waals surface area contributed by atoms with Gasteiger partial charge in [-0.3, -0.25) is 0 Å². The number of para-hydroxylation sites is 1. The van der Waals surface area contributed by atoms with Crippen molar-refractivity contribution >= 4 is 23.3 Å². The fraction of sp³-hybridized carbons (Fsp3) is 0.200. The Hall–Kier alpha value is -1.20. The fourth-order valence-corrected chi connectivity index (χ4v) is 1.53. The van der Waals surface area contributed by atoms with Gasteiger partial charge < -0.3 is 10.7 Å². The maximum atomic E-state index is 12.4.